The van der Waals surface area contributed by atoms with E-state index >= 15 is 0 Å². The standard InChI is InChI=1S/C21H26N2O3/c1-15-7-6-8-16(2)19(15)23-21(26)20(25)22-13-11-18(12-14-24)17-9-4-3-5-10-17/h3-10,18,24H,11-14H2,1-2H3,(H,22,25)(H,23,26). The van der Waals surface area contributed by atoms with E-state index in [0.29, 0.717) is 25.1 Å². The lowest BCUT2D eigenvalue weighted by Crippen LogP contribution is -2.36. The minimum absolute atomic E-state index is 0.0839. The van der Waals surface area contributed by atoms with Gasteiger partial charge in [0.15, 0.2) is 0 Å². The molecule has 1 atom stereocenters. The summed E-state index contributed by atoms with van der Waals surface area (Å²) in [6, 6.07) is 15.6. The van der Waals surface area contributed by atoms with Gasteiger partial charge in [0.1, 0.15) is 0 Å². The molecule has 2 rings (SSSR count). The van der Waals surface area contributed by atoms with Crippen molar-refractivity contribution in [3.8, 4) is 0 Å². The summed E-state index contributed by atoms with van der Waals surface area (Å²) in [6.07, 6.45) is 1.28. The number of benzene rings is 2. The van der Waals surface area contributed by atoms with E-state index in [-0.39, 0.29) is 12.5 Å². The Balaban J connectivity index is 1.88. The Morgan fingerprint density at radius 1 is 0.923 bits per heavy atom. The number of carbonyl (C=O) groups excluding carboxylic acids is 2. The summed E-state index contributed by atoms with van der Waals surface area (Å²) < 4.78 is 0. The second-order valence-corrected chi connectivity index (χ2v) is 6.39. The van der Waals surface area contributed by atoms with Crippen molar-refractivity contribution >= 4 is 17.5 Å². The summed E-state index contributed by atoms with van der Waals surface area (Å²) in [5.74, 6) is -1.17. The van der Waals surface area contributed by atoms with Crippen molar-refractivity contribution in [3.63, 3.8) is 0 Å². The molecule has 0 fully saturated rings. The highest BCUT2D eigenvalue weighted by Crippen LogP contribution is 2.22. The van der Waals surface area contributed by atoms with Crippen LogP contribution in [0.15, 0.2) is 48.5 Å². The fraction of sp³-hybridized carbons (Fsp3) is 0.333. The quantitative estimate of drug-likeness (QED) is 0.669. The van der Waals surface area contributed by atoms with Crippen molar-refractivity contribution < 1.29 is 14.7 Å². The van der Waals surface area contributed by atoms with Gasteiger partial charge in [-0.25, -0.2) is 0 Å². The lowest BCUT2D eigenvalue weighted by atomic mass is 9.93. The molecule has 0 bridgehead atoms. The second-order valence-electron chi connectivity index (χ2n) is 6.39. The number of para-hydroxylation sites is 1. The second kappa shape index (κ2) is 9.73. The first kappa shape index (κ1) is 19.7. The third-order valence-corrected chi connectivity index (χ3v) is 4.45. The molecule has 2 aromatic carbocycles. The van der Waals surface area contributed by atoms with E-state index in [0.717, 1.165) is 16.7 Å². The molecule has 0 aliphatic heterocycles. The SMILES string of the molecule is Cc1cccc(C)c1NC(=O)C(=O)NCCC(CCO)c1ccccc1. The largest absolute Gasteiger partial charge is 0.396 e. The van der Waals surface area contributed by atoms with Gasteiger partial charge >= 0.3 is 11.8 Å². The van der Waals surface area contributed by atoms with Crippen LogP contribution >= 0.6 is 0 Å². The summed E-state index contributed by atoms with van der Waals surface area (Å²) in [4.78, 5) is 24.2. The van der Waals surface area contributed by atoms with Crippen molar-refractivity contribution in [2.24, 2.45) is 0 Å². The van der Waals surface area contributed by atoms with Crippen LogP contribution < -0.4 is 10.6 Å². The van der Waals surface area contributed by atoms with E-state index in [1.807, 2.05) is 62.4 Å². The van der Waals surface area contributed by atoms with Crippen LogP contribution in [0.3, 0.4) is 0 Å². The molecular formula is C21H26N2O3. The van der Waals surface area contributed by atoms with Gasteiger partial charge in [0.05, 0.1) is 0 Å². The van der Waals surface area contributed by atoms with Gasteiger partial charge < -0.3 is 15.7 Å². The zero-order chi connectivity index (χ0) is 18.9. The highest BCUT2D eigenvalue weighted by molar-refractivity contribution is 6.39. The maximum Gasteiger partial charge on any atom is 0.313 e. The fourth-order valence-electron chi connectivity index (χ4n) is 2.98. The molecule has 0 spiro atoms. The van der Waals surface area contributed by atoms with Crippen LogP contribution in [0.5, 0.6) is 0 Å². The fourth-order valence-corrected chi connectivity index (χ4v) is 2.98. The number of hydrogen-bond acceptors (Lipinski definition) is 3. The van der Waals surface area contributed by atoms with E-state index in [4.69, 9.17) is 0 Å². The van der Waals surface area contributed by atoms with Crippen molar-refractivity contribution in [2.45, 2.75) is 32.6 Å². The Morgan fingerprint density at radius 3 is 2.19 bits per heavy atom. The molecule has 2 amide bonds. The monoisotopic (exact) mass is 354 g/mol. The average molecular weight is 354 g/mol. The van der Waals surface area contributed by atoms with Gasteiger partial charge in [0.25, 0.3) is 0 Å². The van der Waals surface area contributed by atoms with Gasteiger partial charge in [-0.1, -0.05) is 48.5 Å². The first-order chi connectivity index (χ1) is 12.5. The number of nitrogens with one attached hydrogen (secondary N) is 2. The molecule has 0 aromatic heterocycles. The van der Waals surface area contributed by atoms with Crippen LogP contribution in [-0.4, -0.2) is 30.1 Å². The summed E-state index contributed by atoms with van der Waals surface area (Å²) in [5, 5.41) is 14.6. The lowest BCUT2D eigenvalue weighted by Gasteiger charge is -2.17. The highest BCUT2D eigenvalue weighted by Gasteiger charge is 2.17. The van der Waals surface area contributed by atoms with Crippen molar-refractivity contribution in [1.82, 2.24) is 5.32 Å². The van der Waals surface area contributed by atoms with Gasteiger partial charge in [-0.15, -0.1) is 0 Å². The number of aryl methyl sites for hydroxylation is 2. The zero-order valence-electron chi connectivity index (χ0n) is 15.3. The first-order valence-corrected chi connectivity index (χ1v) is 8.84. The zero-order valence-corrected chi connectivity index (χ0v) is 15.3. The van der Waals surface area contributed by atoms with Gasteiger partial charge in [-0.2, -0.15) is 0 Å². The number of aliphatic hydroxyl groups excluding tert-OH is 1. The number of rotatable bonds is 7. The summed E-state index contributed by atoms with van der Waals surface area (Å²) in [6.45, 7) is 4.23. The maximum absolute atomic E-state index is 12.1. The first-order valence-electron chi connectivity index (χ1n) is 8.84. The van der Waals surface area contributed by atoms with Crippen molar-refractivity contribution in [1.29, 1.82) is 0 Å². The van der Waals surface area contributed by atoms with Gasteiger partial charge in [0.2, 0.25) is 0 Å². The molecule has 1 unspecified atom stereocenters. The molecule has 2 aromatic rings. The number of hydrogen-bond donors (Lipinski definition) is 3. The molecular weight excluding hydrogens is 328 g/mol. The average Bonchev–Trinajstić information content (AvgIpc) is 2.64. The Kier molecular flexibility index (Phi) is 7.36. The topological polar surface area (TPSA) is 78.4 Å². The van der Waals surface area contributed by atoms with Crippen LogP contribution in [0, 0.1) is 13.8 Å². The Hall–Kier alpha value is -2.66. The van der Waals surface area contributed by atoms with Gasteiger partial charge in [0, 0.05) is 18.8 Å². The molecule has 26 heavy (non-hydrogen) atoms. The number of amides is 2. The molecule has 5 heteroatoms. The third-order valence-electron chi connectivity index (χ3n) is 4.45. The van der Waals surface area contributed by atoms with Crippen LogP contribution in [0.2, 0.25) is 0 Å². The maximum atomic E-state index is 12.1. The van der Waals surface area contributed by atoms with Crippen LogP contribution in [0.4, 0.5) is 5.69 Å². The van der Waals surface area contributed by atoms with E-state index in [1.165, 1.54) is 0 Å². The minimum Gasteiger partial charge on any atom is -0.396 e. The molecule has 0 aliphatic carbocycles. The van der Waals surface area contributed by atoms with Crippen LogP contribution in [0.25, 0.3) is 0 Å². The molecule has 0 radical (unpaired) electrons. The molecule has 0 heterocycles. The van der Waals surface area contributed by atoms with Crippen molar-refractivity contribution in [2.75, 3.05) is 18.5 Å². The van der Waals surface area contributed by atoms with E-state index in [1.54, 1.807) is 0 Å². The summed E-state index contributed by atoms with van der Waals surface area (Å²) >= 11 is 0. The number of aliphatic hydroxyl groups is 1. The smallest absolute Gasteiger partial charge is 0.313 e. The number of anilines is 1. The predicted molar refractivity (Wildman–Crippen MR) is 103 cm³/mol. The Morgan fingerprint density at radius 2 is 1.58 bits per heavy atom. The number of carbonyl (C=O) groups is 2. The molecule has 0 saturated carbocycles. The van der Waals surface area contributed by atoms with Gasteiger partial charge in [-0.05, 0) is 49.3 Å². The molecule has 0 saturated heterocycles. The van der Waals surface area contributed by atoms with Gasteiger partial charge in [-0.3, -0.25) is 9.59 Å². The predicted octanol–water partition coefficient (Wildman–Crippen LogP) is 2.91. The minimum atomic E-state index is -0.666. The summed E-state index contributed by atoms with van der Waals surface area (Å²) in [7, 11) is 0. The van der Waals surface area contributed by atoms with Crippen LogP contribution in [-0.2, 0) is 9.59 Å². The van der Waals surface area contributed by atoms with E-state index in [2.05, 4.69) is 10.6 Å². The molecule has 0 aliphatic rings. The normalized spacial score (nSPS) is 11.7. The highest BCUT2D eigenvalue weighted by atomic mass is 16.3. The summed E-state index contributed by atoms with van der Waals surface area (Å²) in [5.41, 5.74) is 3.63. The Bertz CT molecular complexity index is 724. The van der Waals surface area contributed by atoms with Crippen LogP contribution in [0.1, 0.15) is 35.4 Å². The third kappa shape index (κ3) is 5.43. The van der Waals surface area contributed by atoms with E-state index < -0.39 is 11.8 Å². The van der Waals surface area contributed by atoms with E-state index in [9.17, 15) is 14.7 Å². The molecule has 5 nitrogen and oxygen atoms in total. The van der Waals surface area contributed by atoms with Crippen molar-refractivity contribution in [3.05, 3.63) is 65.2 Å². The molecule has 138 valence electrons. The molecule has 3 N–H and O–H groups in total. The lowest BCUT2D eigenvalue weighted by molar-refractivity contribution is -0.136. The Labute approximate surface area is 154 Å².